The lowest BCUT2D eigenvalue weighted by Crippen LogP contribution is -2.21. The molecule has 0 aliphatic carbocycles. The molecule has 0 aromatic heterocycles. The number of ketones is 1. The molecule has 0 fully saturated rings. The summed E-state index contributed by atoms with van der Waals surface area (Å²) in [6.07, 6.45) is 0. The number of ether oxygens (including phenoxy) is 1. The van der Waals surface area contributed by atoms with Crippen LogP contribution >= 0.6 is 12.2 Å². The molecule has 5 heteroatoms. The van der Waals surface area contributed by atoms with Gasteiger partial charge in [0.2, 0.25) is 0 Å². The van der Waals surface area contributed by atoms with Crippen molar-refractivity contribution in [1.82, 2.24) is 0 Å². The maximum atomic E-state index is 12.8. The average molecular weight is 362 g/mol. The van der Waals surface area contributed by atoms with Gasteiger partial charge in [-0.05, 0) is 36.5 Å². The van der Waals surface area contributed by atoms with Crippen LogP contribution < -0.4 is 15.4 Å². The molecule has 2 N–H and O–H groups in total. The lowest BCUT2D eigenvalue weighted by atomic mass is 10.0. The van der Waals surface area contributed by atoms with Gasteiger partial charge in [0.25, 0.3) is 0 Å². The van der Waals surface area contributed by atoms with Crippen LogP contribution in [0.4, 0.5) is 11.4 Å². The summed E-state index contributed by atoms with van der Waals surface area (Å²) in [7, 11) is 1.60. The summed E-state index contributed by atoms with van der Waals surface area (Å²) in [6.45, 7) is 0. The third kappa shape index (κ3) is 4.07. The number of anilines is 2. The molecule has 0 heterocycles. The molecule has 0 saturated carbocycles. The maximum Gasteiger partial charge on any atom is 0.195 e. The fourth-order valence-electron chi connectivity index (χ4n) is 2.56. The van der Waals surface area contributed by atoms with E-state index in [0.717, 1.165) is 5.69 Å². The SMILES string of the molecule is COc1ccccc1NC(=S)Nc1ccccc1C(=O)c1ccccc1. The minimum absolute atomic E-state index is 0.0613. The van der Waals surface area contributed by atoms with Gasteiger partial charge in [-0.3, -0.25) is 4.79 Å². The van der Waals surface area contributed by atoms with Gasteiger partial charge in [0.1, 0.15) is 5.75 Å². The lowest BCUT2D eigenvalue weighted by molar-refractivity contribution is 0.103. The fourth-order valence-corrected chi connectivity index (χ4v) is 2.78. The van der Waals surface area contributed by atoms with Crippen molar-refractivity contribution in [1.29, 1.82) is 0 Å². The van der Waals surface area contributed by atoms with Crippen molar-refractivity contribution in [3.8, 4) is 5.75 Å². The highest BCUT2D eigenvalue weighted by molar-refractivity contribution is 7.80. The molecule has 130 valence electrons. The zero-order valence-electron chi connectivity index (χ0n) is 14.2. The molecule has 0 radical (unpaired) electrons. The van der Waals surface area contributed by atoms with Crippen molar-refractivity contribution in [2.75, 3.05) is 17.7 Å². The average Bonchev–Trinajstić information content (AvgIpc) is 2.69. The molecule has 3 aromatic carbocycles. The molecule has 3 rings (SSSR count). The summed E-state index contributed by atoms with van der Waals surface area (Å²) >= 11 is 5.40. The van der Waals surface area contributed by atoms with Crippen LogP contribution in [0.2, 0.25) is 0 Å². The summed E-state index contributed by atoms with van der Waals surface area (Å²) < 4.78 is 5.31. The Balaban J connectivity index is 1.80. The summed E-state index contributed by atoms with van der Waals surface area (Å²) in [5.41, 5.74) is 2.58. The predicted molar refractivity (Wildman–Crippen MR) is 109 cm³/mol. The molecule has 0 unspecified atom stereocenters. The second-order valence-electron chi connectivity index (χ2n) is 5.52. The highest BCUT2D eigenvalue weighted by atomic mass is 32.1. The van der Waals surface area contributed by atoms with Crippen LogP contribution in [-0.4, -0.2) is 18.0 Å². The van der Waals surface area contributed by atoms with Gasteiger partial charge < -0.3 is 15.4 Å². The quantitative estimate of drug-likeness (QED) is 0.507. The Hall–Kier alpha value is -3.18. The van der Waals surface area contributed by atoms with Crippen molar-refractivity contribution in [2.24, 2.45) is 0 Å². The van der Waals surface area contributed by atoms with Crippen molar-refractivity contribution < 1.29 is 9.53 Å². The van der Waals surface area contributed by atoms with Crippen LogP contribution in [0.15, 0.2) is 78.9 Å². The van der Waals surface area contributed by atoms with Crippen molar-refractivity contribution >= 4 is 34.5 Å². The molecule has 0 saturated heterocycles. The van der Waals surface area contributed by atoms with Crippen molar-refractivity contribution in [3.05, 3.63) is 90.0 Å². The van der Waals surface area contributed by atoms with E-state index in [-0.39, 0.29) is 5.78 Å². The minimum Gasteiger partial charge on any atom is -0.495 e. The van der Waals surface area contributed by atoms with Gasteiger partial charge >= 0.3 is 0 Å². The molecule has 4 nitrogen and oxygen atoms in total. The van der Waals surface area contributed by atoms with Gasteiger partial charge in [-0.25, -0.2) is 0 Å². The van der Waals surface area contributed by atoms with Crippen molar-refractivity contribution in [3.63, 3.8) is 0 Å². The van der Waals surface area contributed by atoms with E-state index < -0.39 is 0 Å². The first-order valence-corrected chi connectivity index (χ1v) is 8.49. The first-order valence-electron chi connectivity index (χ1n) is 8.09. The Morgan fingerprint density at radius 2 is 1.38 bits per heavy atom. The number of hydrogen-bond donors (Lipinski definition) is 2. The van der Waals surface area contributed by atoms with Gasteiger partial charge in [-0.2, -0.15) is 0 Å². The number of thiocarbonyl (C=S) groups is 1. The molecule has 0 aliphatic heterocycles. The summed E-state index contributed by atoms with van der Waals surface area (Å²) in [6, 6.07) is 23.9. The molecule has 3 aromatic rings. The predicted octanol–water partition coefficient (Wildman–Crippen LogP) is 4.74. The van der Waals surface area contributed by atoms with Gasteiger partial charge in [0, 0.05) is 11.1 Å². The highest BCUT2D eigenvalue weighted by Gasteiger charge is 2.14. The van der Waals surface area contributed by atoms with Crippen LogP contribution in [0.25, 0.3) is 0 Å². The molecule has 0 amide bonds. The van der Waals surface area contributed by atoms with Crippen LogP contribution in [0.5, 0.6) is 5.75 Å². The van der Waals surface area contributed by atoms with E-state index in [9.17, 15) is 4.79 Å². The number of methoxy groups -OCH3 is 1. The third-order valence-electron chi connectivity index (χ3n) is 3.81. The largest absolute Gasteiger partial charge is 0.495 e. The van der Waals surface area contributed by atoms with Crippen LogP contribution in [-0.2, 0) is 0 Å². The van der Waals surface area contributed by atoms with Crippen LogP contribution in [0.3, 0.4) is 0 Å². The molecule has 0 spiro atoms. The van der Waals surface area contributed by atoms with Gasteiger partial charge in [-0.15, -0.1) is 0 Å². The van der Waals surface area contributed by atoms with Gasteiger partial charge in [0.05, 0.1) is 18.5 Å². The Labute approximate surface area is 157 Å². The first-order chi connectivity index (χ1) is 12.7. The molecular formula is C21H18N2O2S. The standard InChI is InChI=1S/C21H18N2O2S/c1-25-19-14-8-7-13-18(19)23-21(26)22-17-12-6-5-11-16(17)20(24)15-9-3-2-4-10-15/h2-14H,1H3,(H2,22,23,26). The number of hydrogen-bond acceptors (Lipinski definition) is 3. The summed E-state index contributed by atoms with van der Waals surface area (Å²) in [4.78, 5) is 12.8. The summed E-state index contributed by atoms with van der Waals surface area (Å²) in [5, 5.41) is 6.58. The topological polar surface area (TPSA) is 50.4 Å². The van der Waals surface area contributed by atoms with Gasteiger partial charge in [-0.1, -0.05) is 54.6 Å². The Morgan fingerprint density at radius 1 is 0.808 bits per heavy atom. The fraction of sp³-hybridized carbons (Fsp3) is 0.0476. The zero-order chi connectivity index (χ0) is 18.4. The Kier molecular flexibility index (Phi) is 5.61. The maximum absolute atomic E-state index is 12.8. The molecule has 26 heavy (non-hydrogen) atoms. The van der Waals surface area contributed by atoms with E-state index in [1.54, 1.807) is 25.3 Å². The van der Waals surface area contributed by atoms with E-state index in [2.05, 4.69) is 10.6 Å². The number of carbonyl (C=O) groups is 1. The highest BCUT2D eigenvalue weighted by Crippen LogP contribution is 2.24. The Morgan fingerprint density at radius 3 is 2.12 bits per heavy atom. The lowest BCUT2D eigenvalue weighted by Gasteiger charge is -2.15. The van der Waals surface area contributed by atoms with Crippen LogP contribution in [0.1, 0.15) is 15.9 Å². The number of carbonyl (C=O) groups excluding carboxylic acids is 1. The number of para-hydroxylation sites is 3. The normalized spacial score (nSPS) is 10.0. The van der Waals surface area contributed by atoms with Gasteiger partial charge in [0.15, 0.2) is 10.9 Å². The van der Waals surface area contributed by atoms with E-state index >= 15 is 0 Å². The Bertz CT molecular complexity index is 926. The second-order valence-corrected chi connectivity index (χ2v) is 5.93. The van der Waals surface area contributed by atoms with E-state index in [0.29, 0.717) is 27.7 Å². The minimum atomic E-state index is -0.0613. The van der Waals surface area contributed by atoms with E-state index in [1.807, 2.05) is 60.7 Å². The monoisotopic (exact) mass is 362 g/mol. The zero-order valence-corrected chi connectivity index (χ0v) is 15.0. The molecule has 0 bridgehead atoms. The van der Waals surface area contributed by atoms with Crippen molar-refractivity contribution in [2.45, 2.75) is 0 Å². The van der Waals surface area contributed by atoms with E-state index in [1.165, 1.54) is 0 Å². The number of benzene rings is 3. The summed E-state index contributed by atoms with van der Waals surface area (Å²) in [5.74, 6) is 0.624. The third-order valence-corrected chi connectivity index (χ3v) is 4.02. The number of nitrogens with one attached hydrogen (secondary N) is 2. The number of rotatable bonds is 5. The smallest absolute Gasteiger partial charge is 0.195 e. The molecule has 0 atom stereocenters. The molecule has 0 aliphatic rings. The van der Waals surface area contributed by atoms with Crippen LogP contribution in [0, 0.1) is 0 Å². The molecular weight excluding hydrogens is 344 g/mol. The second kappa shape index (κ2) is 8.27. The first kappa shape index (κ1) is 17.6. The van der Waals surface area contributed by atoms with E-state index in [4.69, 9.17) is 17.0 Å².